The highest BCUT2D eigenvalue weighted by molar-refractivity contribution is 5.88. The molecule has 0 bridgehead atoms. The molecule has 0 unspecified atom stereocenters. The molecule has 2 aromatic heterocycles. The third kappa shape index (κ3) is 1.83. The van der Waals surface area contributed by atoms with E-state index in [1.165, 1.54) is 6.20 Å². The summed E-state index contributed by atoms with van der Waals surface area (Å²) in [5.74, 6) is -0.668. The van der Waals surface area contributed by atoms with Gasteiger partial charge in [0.05, 0.1) is 23.0 Å². The first-order chi connectivity index (χ1) is 9.16. The zero-order valence-corrected chi connectivity index (χ0v) is 10.1. The van der Waals surface area contributed by atoms with E-state index in [1.54, 1.807) is 17.8 Å². The fraction of sp³-hybridized carbons (Fsp3) is 0.0769. The lowest BCUT2D eigenvalue weighted by Gasteiger charge is -2.04. The van der Waals surface area contributed by atoms with E-state index in [9.17, 15) is 4.79 Å². The van der Waals surface area contributed by atoms with Crippen LogP contribution in [0.5, 0.6) is 0 Å². The van der Waals surface area contributed by atoms with Crippen LogP contribution in [0.15, 0.2) is 36.7 Å². The van der Waals surface area contributed by atoms with E-state index < -0.39 is 5.97 Å². The predicted octanol–water partition coefficient (Wildman–Crippen LogP) is 1.82. The van der Waals surface area contributed by atoms with Gasteiger partial charge in [-0.3, -0.25) is 0 Å². The van der Waals surface area contributed by atoms with Crippen LogP contribution in [0.25, 0.3) is 16.9 Å². The second-order valence-electron chi connectivity index (χ2n) is 4.09. The van der Waals surface area contributed by atoms with Gasteiger partial charge in [0, 0.05) is 11.6 Å². The summed E-state index contributed by atoms with van der Waals surface area (Å²) in [6.07, 6.45) is 3.02. The number of hydrogen-bond acceptors (Lipinski definition) is 4. The number of carboxylic acid groups (broad SMARTS) is 1. The Morgan fingerprint density at radius 2 is 2.05 bits per heavy atom. The Bertz CT molecular complexity index is 779. The summed E-state index contributed by atoms with van der Waals surface area (Å²) in [5, 5.41) is 14.2. The van der Waals surface area contributed by atoms with Crippen LogP contribution >= 0.6 is 0 Å². The largest absolute Gasteiger partial charge is 0.478 e. The molecule has 6 nitrogen and oxygen atoms in total. The Morgan fingerprint density at radius 1 is 1.26 bits per heavy atom. The molecule has 0 saturated heterocycles. The fourth-order valence-electron chi connectivity index (χ4n) is 1.90. The van der Waals surface area contributed by atoms with E-state index >= 15 is 0 Å². The van der Waals surface area contributed by atoms with Crippen molar-refractivity contribution in [1.82, 2.24) is 19.7 Å². The number of benzene rings is 1. The average molecular weight is 254 g/mol. The monoisotopic (exact) mass is 254 g/mol. The Hall–Kier alpha value is -2.76. The van der Waals surface area contributed by atoms with Crippen molar-refractivity contribution in [1.29, 1.82) is 0 Å². The van der Waals surface area contributed by atoms with Crippen LogP contribution in [0.4, 0.5) is 0 Å². The predicted molar refractivity (Wildman–Crippen MR) is 68.4 cm³/mol. The number of rotatable bonds is 2. The van der Waals surface area contributed by atoms with Crippen LogP contribution in [-0.2, 0) is 0 Å². The normalized spacial score (nSPS) is 10.8. The van der Waals surface area contributed by atoms with E-state index in [4.69, 9.17) is 5.11 Å². The molecular weight excluding hydrogens is 244 g/mol. The highest BCUT2D eigenvalue weighted by Gasteiger charge is 2.12. The zero-order chi connectivity index (χ0) is 13.4. The van der Waals surface area contributed by atoms with Gasteiger partial charge in [0.25, 0.3) is 5.95 Å². The molecule has 1 N–H and O–H groups in total. The lowest BCUT2D eigenvalue weighted by molar-refractivity contribution is 0.0695. The number of aryl methyl sites for hydroxylation is 1. The maximum Gasteiger partial charge on any atom is 0.339 e. The quantitative estimate of drug-likeness (QED) is 0.754. The lowest BCUT2D eigenvalue weighted by Crippen LogP contribution is -2.08. The van der Waals surface area contributed by atoms with Crippen molar-refractivity contribution in [2.45, 2.75) is 6.92 Å². The second kappa shape index (κ2) is 4.16. The summed E-state index contributed by atoms with van der Waals surface area (Å²) in [4.78, 5) is 19.2. The van der Waals surface area contributed by atoms with Crippen LogP contribution in [0.1, 0.15) is 16.1 Å². The molecule has 2 heterocycles. The first-order valence-corrected chi connectivity index (χ1v) is 5.67. The van der Waals surface area contributed by atoms with Gasteiger partial charge in [-0.1, -0.05) is 18.2 Å². The van der Waals surface area contributed by atoms with E-state index in [0.717, 1.165) is 10.9 Å². The summed E-state index contributed by atoms with van der Waals surface area (Å²) in [5.41, 5.74) is 1.39. The minimum atomic E-state index is -1.03. The molecule has 0 spiro atoms. The summed E-state index contributed by atoms with van der Waals surface area (Å²) < 4.78 is 1.59. The summed E-state index contributed by atoms with van der Waals surface area (Å²) in [6, 6.07) is 7.68. The molecule has 3 rings (SSSR count). The van der Waals surface area contributed by atoms with Crippen LogP contribution in [-0.4, -0.2) is 30.8 Å². The van der Waals surface area contributed by atoms with Crippen molar-refractivity contribution in [3.63, 3.8) is 0 Å². The Balaban J connectivity index is 2.17. The van der Waals surface area contributed by atoms with Crippen LogP contribution in [0, 0.1) is 6.92 Å². The van der Waals surface area contributed by atoms with Gasteiger partial charge < -0.3 is 5.11 Å². The Kier molecular flexibility index (Phi) is 2.49. The fourth-order valence-corrected chi connectivity index (χ4v) is 1.90. The molecule has 0 saturated carbocycles. The number of aromatic nitrogens is 4. The molecule has 0 aliphatic rings. The van der Waals surface area contributed by atoms with Crippen molar-refractivity contribution in [3.8, 4) is 5.95 Å². The first-order valence-electron chi connectivity index (χ1n) is 5.67. The van der Waals surface area contributed by atoms with Crippen LogP contribution in [0.3, 0.4) is 0 Å². The summed E-state index contributed by atoms with van der Waals surface area (Å²) >= 11 is 0. The minimum Gasteiger partial charge on any atom is -0.478 e. The molecule has 3 aromatic rings. The standard InChI is InChI=1S/C13H10N4O2/c1-8-10(12(18)19)7-14-13(16-8)17-11-5-3-2-4-9(11)6-15-17/h2-7H,1H3,(H,18,19). The van der Waals surface area contributed by atoms with E-state index in [1.807, 2.05) is 24.3 Å². The second-order valence-corrected chi connectivity index (χ2v) is 4.09. The number of nitrogens with zero attached hydrogens (tertiary/aromatic N) is 4. The van der Waals surface area contributed by atoms with Gasteiger partial charge in [0.2, 0.25) is 0 Å². The number of fused-ring (bicyclic) bond motifs is 1. The van der Waals surface area contributed by atoms with Crippen molar-refractivity contribution >= 4 is 16.9 Å². The molecule has 0 aliphatic heterocycles. The zero-order valence-electron chi connectivity index (χ0n) is 10.1. The summed E-state index contributed by atoms with van der Waals surface area (Å²) in [7, 11) is 0. The molecular formula is C13H10N4O2. The van der Waals surface area contributed by atoms with Gasteiger partial charge in [-0.05, 0) is 13.0 Å². The highest BCUT2D eigenvalue weighted by atomic mass is 16.4. The molecule has 0 atom stereocenters. The molecule has 0 radical (unpaired) electrons. The SMILES string of the molecule is Cc1nc(-n2ncc3ccccc32)ncc1C(=O)O. The number of carbonyl (C=O) groups is 1. The van der Waals surface area contributed by atoms with Gasteiger partial charge in [0.1, 0.15) is 0 Å². The van der Waals surface area contributed by atoms with Gasteiger partial charge in [-0.2, -0.15) is 9.78 Å². The number of carboxylic acids is 1. The molecule has 6 heteroatoms. The number of hydrogen-bond donors (Lipinski definition) is 1. The molecule has 94 valence electrons. The number of para-hydroxylation sites is 1. The Morgan fingerprint density at radius 3 is 2.79 bits per heavy atom. The smallest absolute Gasteiger partial charge is 0.339 e. The molecule has 0 aliphatic carbocycles. The molecule has 1 aromatic carbocycles. The van der Waals surface area contributed by atoms with Gasteiger partial charge in [-0.15, -0.1) is 0 Å². The maximum atomic E-state index is 10.9. The van der Waals surface area contributed by atoms with Crippen molar-refractivity contribution in [3.05, 3.63) is 47.9 Å². The number of aromatic carboxylic acids is 1. The molecule has 19 heavy (non-hydrogen) atoms. The van der Waals surface area contributed by atoms with E-state index in [0.29, 0.717) is 11.6 Å². The Labute approximate surface area is 108 Å². The third-order valence-electron chi connectivity index (χ3n) is 2.86. The van der Waals surface area contributed by atoms with Crippen molar-refractivity contribution in [2.75, 3.05) is 0 Å². The minimum absolute atomic E-state index is 0.0974. The first kappa shape index (κ1) is 11.3. The van der Waals surface area contributed by atoms with Crippen molar-refractivity contribution in [2.24, 2.45) is 0 Å². The van der Waals surface area contributed by atoms with Crippen LogP contribution < -0.4 is 0 Å². The highest BCUT2D eigenvalue weighted by Crippen LogP contribution is 2.16. The molecule has 0 fully saturated rings. The van der Waals surface area contributed by atoms with Gasteiger partial charge in [0.15, 0.2) is 0 Å². The average Bonchev–Trinajstić information content (AvgIpc) is 2.82. The summed E-state index contributed by atoms with van der Waals surface area (Å²) in [6.45, 7) is 1.64. The van der Waals surface area contributed by atoms with Gasteiger partial charge in [-0.25, -0.2) is 14.8 Å². The van der Waals surface area contributed by atoms with E-state index in [2.05, 4.69) is 15.1 Å². The van der Waals surface area contributed by atoms with E-state index in [-0.39, 0.29) is 5.56 Å². The molecule has 0 amide bonds. The van der Waals surface area contributed by atoms with Gasteiger partial charge >= 0.3 is 5.97 Å². The van der Waals surface area contributed by atoms with Crippen LogP contribution in [0.2, 0.25) is 0 Å². The van der Waals surface area contributed by atoms with Crippen molar-refractivity contribution < 1.29 is 9.90 Å². The third-order valence-corrected chi connectivity index (χ3v) is 2.86. The lowest BCUT2D eigenvalue weighted by atomic mass is 10.2. The topological polar surface area (TPSA) is 80.9 Å². The maximum absolute atomic E-state index is 10.9.